The highest BCUT2D eigenvalue weighted by atomic mass is 16.8. The van der Waals surface area contributed by atoms with Gasteiger partial charge in [-0.3, -0.25) is 29.5 Å². The monoisotopic (exact) mass is 917 g/mol. The van der Waals surface area contributed by atoms with Crippen molar-refractivity contribution in [2.75, 3.05) is 33.4 Å². The van der Waals surface area contributed by atoms with Crippen LogP contribution in [0.2, 0.25) is 0 Å². The molecule has 1 saturated heterocycles. The number of nitrogens with zero attached hydrogens (tertiary/aromatic N) is 2. The van der Waals surface area contributed by atoms with Crippen LogP contribution in [0, 0.1) is 12.8 Å². The van der Waals surface area contributed by atoms with Crippen molar-refractivity contribution in [3.63, 3.8) is 0 Å². The SMILES string of the molecule is CNC(O)(CCO)C(C(=O)O)C(=O)OC(O)(CO)C1OC(Oc2ccc3c(=O)c(-c4ccc(O)cc4)coc3c2)C(ON2CC3=CC=NC3=C2c2cc(C)cc(CCCCO)c2)C(O)C1O. The maximum Gasteiger partial charge on any atom is 0.327 e. The molecule has 0 aliphatic carbocycles. The van der Waals surface area contributed by atoms with Gasteiger partial charge >= 0.3 is 11.9 Å². The third kappa shape index (κ3) is 9.60. The fraction of sp³-hybridized carbons (Fsp3) is 0.391. The second-order valence-corrected chi connectivity index (χ2v) is 16.2. The molecule has 3 aromatic carbocycles. The molecule has 0 saturated carbocycles. The van der Waals surface area contributed by atoms with Gasteiger partial charge in [0.2, 0.25) is 6.29 Å². The molecule has 0 bridgehead atoms. The van der Waals surface area contributed by atoms with Gasteiger partial charge in [0.25, 0.3) is 5.79 Å². The van der Waals surface area contributed by atoms with Crippen LogP contribution in [-0.4, -0.2) is 145 Å². The van der Waals surface area contributed by atoms with Gasteiger partial charge in [0.1, 0.15) is 47.9 Å². The van der Waals surface area contributed by atoms with E-state index >= 15 is 0 Å². The van der Waals surface area contributed by atoms with Crippen molar-refractivity contribution in [3.05, 3.63) is 111 Å². The number of phenols is 1. The first-order chi connectivity index (χ1) is 31.5. The molecule has 66 heavy (non-hydrogen) atoms. The summed E-state index contributed by atoms with van der Waals surface area (Å²) < 4.78 is 23.3. The van der Waals surface area contributed by atoms with E-state index < -0.39 is 85.1 Å². The summed E-state index contributed by atoms with van der Waals surface area (Å²) in [5, 5.41) is 99.2. The predicted octanol–water partition coefficient (Wildman–Crippen LogP) is 0.825. The van der Waals surface area contributed by atoms with E-state index in [0.29, 0.717) is 35.4 Å². The number of benzene rings is 3. The van der Waals surface area contributed by atoms with Gasteiger partial charge in [-0.25, -0.2) is 5.06 Å². The van der Waals surface area contributed by atoms with Crippen molar-refractivity contribution < 1.29 is 79.0 Å². The van der Waals surface area contributed by atoms with Crippen molar-refractivity contribution in [1.82, 2.24) is 10.4 Å². The number of carboxylic acid groups (broad SMARTS) is 1. The Labute approximate surface area is 376 Å². The number of hydrogen-bond acceptors (Lipinski definition) is 19. The third-order valence-electron chi connectivity index (χ3n) is 11.7. The lowest BCUT2D eigenvalue weighted by Gasteiger charge is -2.47. The van der Waals surface area contributed by atoms with E-state index in [2.05, 4.69) is 10.3 Å². The first-order valence-corrected chi connectivity index (χ1v) is 21.0. The van der Waals surface area contributed by atoms with E-state index in [1.807, 2.05) is 25.1 Å². The standard InChI is InChI=1S/C46H51N3O17/c1-24-17-25(5-3-4-15-50)19-28(18-24)36-35-27(12-14-48-35)21-49(36)66-40-38(55)39(56)41(46(61,23-52)65-43(59)34(42(57)58)45(60,47-2)13-16-51)64-44(40)63-30-10-11-31-33(20-30)62-22-32(37(31)54)26-6-8-29(53)9-7-26/h6-12,14,17-20,22,34,38-41,44,47,50-53,55-56,60-61H,3-5,13,15-16,21,23H2,1-2H3,(H,57,58). The number of aromatic hydroxyl groups is 1. The number of hydroxylamine groups is 2. The van der Waals surface area contributed by atoms with Crippen LogP contribution in [-0.2, 0) is 30.3 Å². The Balaban J connectivity index is 1.25. The highest BCUT2D eigenvalue weighted by Gasteiger charge is 2.59. The second-order valence-electron chi connectivity index (χ2n) is 16.2. The van der Waals surface area contributed by atoms with E-state index in [1.54, 1.807) is 24.4 Å². The molecule has 8 unspecified atom stereocenters. The number of hydrogen-bond donors (Lipinski definition) is 10. The zero-order chi connectivity index (χ0) is 47.5. The number of phenolic OH excluding ortho intramolecular Hbond substituents is 1. The summed E-state index contributed by atoms with van der Waals surface area (Å²) in [6.07, 6.45) is -4.39. The lowest BCUT2D eigenvalue weighted by molar-refractivity contribution is -0.372. The maximum absolute atomic E-state index is 13.6. The fourth-order valence-corrected chi connectivity index (χ4v) is 8.23. The Hall–Kier alpha value is -6.04. The molecule has 20 heteroatoms. The van der Waals surface area contributed by atoms with E-state index in [4.69, 9.17) is 23.5 Å². The van der Waals surface area contributed by atoms with Crippen LogP contribution in [0.15, 0.2) is 98.5 Å². The van der Waals surface area contributed by atoms with Gasteiger partial charge in [-0.15, -0.1) is 0 Å². The number of carbonyl (C=O) groups excluding carboxylic acids is 1. The Bertz CT molecular complexity index is 2600. The van der Waals surface area contributed by atoms with Crippen molar-refractivity contribution >= 4 is 34.8 Å². The van der Waals surface area contributed by atoms with Crippen molar-refractivity contribution in [1.29, 1.82) is 0 Å². The molecule has 3 aliphatic heterocycles. The van der Waals surface area contributed by atoms with Crippen LogP contribution in [0.4, 0.5) is 0 Å². The molecule has 1 fully saturated rings. The van der Waals surface area contributed by atoms with Crippen LogP contribution < -0.4 is 15.5 Å². The van der Waals surface area contributed by atoms with Gasteiger partial charge in [-0.05, 0) is 86.8 Å². The summed E-state index contributed by atoms with van der Waals surface area (Å²) in [7, 11) is 1.10. The van der Waals surface area contributed by atoms with Crippen molar-refractivity contribution in [2.45, 2.75) is 74.8 Å². The van der Waals surface area contributed by atoms with Gasteiger partial charge < -0.3 is 64.6 Å². The number of aryl methyl sites for hydroxylation is 2. The zero-order valence-corrected chi connectivity index (χ0v) is 35.8. The van der Waals surface area contributed by atoms with Crippen LogP contribution >= 0.6 is 0 Å². The number of aliphatic carboxylic acids is 1. The minimum Gasteiger partial charge on any atom is -0.508 e. The summed E-state index contributed by atoms with van der Waals surface area (Å²) in [6, 6.07) is 15.8. The molecule has 10 N–H and O–H groups in total. The molecular formula is C46H51N3O17. The number of carbonyl (C=O) groups is 2. The van der Waals surface area contributed by atoms with Crippen LogP contribution in [0.3, 0.4) is 0 Å². The third-order valence-corrected chi connectivity index (χ3v) is 11.7. The molecule has 4 aromatic rings. The summed E-state index contributed by atoms with van der Waals surface area (Å²) in [4.78, 5) is 50.5. The van der Waals surface area contributed by atoms with E-state index in [0.717, 1.165) is 30.2 Å². The summed E-state index contributed by atoms with van der Waals surface area (Å²) >= 11 is 0. The van der Waals surface area contributed by atoms with Gasteiger partial charge in [0.15, 0.2) is 23.6 Å². The number of ether oxygens (including phenoxy) is 3. The molecule has 7 rings (SSSR count). The molecule has 352 valence electrons. The minimum atomic E-state index is -3.34. The molecule has 3 aliphatic rings. The number of aliphatic hydroxyl groups excluding tert-OH is 5. The lowest BCUT2D eigenvalue weighted by atomic mass is 9.91. The first kappa shape index (κ1) is 47.9. The highest BCUT2D eigenvalue weighted by Crippen LogP contribution is 2.41. The average molecular weight is 918 g/mol. The maximum atomic E-state index is 13.6. The van der Waals surface area contributed by atoms with E-state index in [1.165, 1.54) is 41.7 Å². The number of allylic oxidation sites excluding steroid dienone is 1. The topological polar surface area (TPSA) is 311 Å². The Morgan fingerprint density at radius 3 is 2.42 bits per heavy atom. The molecule has 0 amide bonds. The van der Waals surface area contributed by atoms with E-state index in [9.17, 15) is 60.3 Å². The van der Waals surface area contributed by atoms with E-state index in [-0.39, 0.29) is 41.2 Å². The fourth-order valence-electron chi connectivity index (χ4n) is 8.23. The summed E-state index contributed by atoms with van der Waals surface area (Å²) in [6.45, 7) is -0.306. The Morgan fingerprint density at radius 1 is 0.985 bits per heavy atom. The molecule has 0 radical (unpaired) electrons. The molecule has 4 heterocycles. The quantitative estimate of drug-likeness (QED) is 0.0270. The molecule has 0 spiro atoms. The number of nitrogens with one attached hydrogen (secondary N) is 1. The van der Waals surface area contributed by atoms with Gasteiger partial charge in [0, 0.05) is 43.1 Å². The van der Waals surface area contributed by atoms with Crippen LogP contribution in [0.5, 0.6) is 11.5 Å². The van der Waals surface area contributed by atoms with Crippen molar-refractivity contribution in [2.24, 2.45) is 10.9 Å². The lowest BCUT2D eigenvalue weighted by Crippen LogP contribution is -2.69. The number of aliphatic hydroxyl groups is 7. The van der Waals surface area contributed by atoms with Gasteiger partial charge in [0.05, 0.1) is 28.9 Å². The average Bonchev–Trinajstić information content (AvgIpc) is 3.88. The van der Waals surface area contributed by atoms with Gasteiger partial charge in [-0.2, -0.15) is 0 Å². The van der Waals surface area contributed by atoms with Gasteiger partial charge in [-0.1, -0.05) is 23.8 Å². The number of aliphatic imine (C=N–C) groups is 1. The largest absolute Gasteiger partial charge is 0.508 e. The number of fused-ring (bicyclic) bond motifs is 2. The van der Waals surface area contributed by atoms with Crippen molar-refractivity contribution in [3.8, 4) is 22.6 Å². The van der Waals surface area contributed by atoms with Crippen LogP contribution in [0.25, 0.3) is 27.8 Å². The number of unbranched alkanes of at least 4 members (excludes halogenated alkanes) is 1. The Morgan fingerprint density at radius 2 is 1.74 bits per heavy atom. The minimum absolute atomic E-state index is 0.00228. The summed E-state index contributed by atoms with van der Waals surface area (Å²) in [5.74, 6) is -9.70. The normalized spacial score (nSPS) is 22.7. The molecule has 1 aromatic heterocycles. The number of rotatable bonds is 19. The number of carboxylic acids is 1. The highest BCUT2D eigenvalue weighted by molar-refractivity contribution is 5.95. The zero-order valence-electron chi connectivity index (χ0n) is 35.8. The Kier molecular flexibility index (Phi) is 14.4. The molecular weight excluding hydrogens is 867 g/mol. The smallest absolute Gasteiger partial charge is 0.327 e. The number of esters is 1. The second kappa shape index (κ2) is 19.8. The molecule has 8 atom stereocenters. The first-order valence-electron chi connectivity index (χ1n) is 21.0. The van der Waals surface area contributed by atoms with Crippen LogP contribution in [0.1, 0.15) is 36.0 Å². The molecule has 20 nitrogen and oxygen atoms in total. The summed E-state index contributed by atoms with van der Waals surface area (Å²) in [5.41, 5.74) is 1.97. The predicted molar refractivity (Wildman–Crippen MR) is 232 cm³/mol.